The van der Waals surface area contributed by atoms with E-state index < -0.39 is 0 Å². The molecule has 2 heteroatoms. The van der Waals surface area contributed by atoms with Crippen molar-refractivity contribution in [3.8, 4) is 11.1 Å². The lowest BCUT2D eigenvalue weighted by atomic mass is 9.94. The van der Waals surface area contributed by atoms with Crippen molar-refractivity contribution in [3.63, 3.8) is 0 Å². The van der Waals surface area contributed by atoms with Crippen molar-refractivity contribution in [3.05, 3.63) is 80.9 Å². The molecule has 4 rings (SSSR count). The summed E-state index contributed by atoms with van der Waals surface area (Å²) in [4.78, 5) is 25.2. The third-order valence-electron chi connectivity index (χ3n) is 6.27. The SMILES string of the molecule is CC1=C(c2cc(C)c3cc(C(C)C)ccc(C)c2-3)C(=O)c2c(C)ccc(C=O)c21. The monoisotopic (exact) mass is 382 g/mol. The zero-order valence-electron chi connectivity index (χ0n) is 17.9. The van der Waals surface area contributed by atoms with Crippen molar-refractivity contribution in [2.75, 3.05) is 0 Å². The van der Waals surface area contributed by atoms with Gasteiger partial charge in [0.15, 0.2) is 12.1 Å². The van der Waals surface area contributed by atoms with Crippen LogP contribution in [0.15, 0.2) is 36.4 Å². The number of fused-ring (bicyclic) bond motifs is 2. The van der Waals surface area contributed by atoms with Gasteiger partial charge in [-0.25, -0.2) is 0 Å². The molecule has 0 spiro atoms. The van der Waals surface area contributed by atoms with Crippen LogP contribution < -0.4 is 0 Å². The normalized spacial score (nSPS) is 13.6. The average Bonchev–Trinajstić information content (AvgIpc) is 3.04. The highest BCUT2D eigenvalue weighted by Crippen LogP contribution is 2.47. The fraction of sp³-hybridized carbons (Fsp3) is 0.259. The number of aldehydes is 1. The largest absolute Gasteiger partial charge is 0.298 e. The maximum atomic E-state index is 13.5. The molecule has 146 valence electrons. The van der Waals surface area contributed by atoms with E-state index in [-0.39, 0.29) is 5.78 Å². The molecule has 0 amide bonds. The average molecular weight is 383 g/mol. The highest BCUT2D eigenvalue weighted by atomic mass is 16.1. The van der Waals surface area contributed by atoms with Gasteiger partial charge in [0, 0.05) is 22.3 Å². The molecule has 0 saturated heterocycles. The summed E-state index contributed by atoms with van der Waals surface area (Å²) in [5.74, 6) is 0.458. The molecule has 0 radical (unpaired) electrons. The smallest absolute Gasteiger partial charge is 0.194 e. The van der Waals surface area contributed by atoms with Crippen LogP contribution in [0.25, 0.3) is 22.3 Å². The summed E-state index contributed by atoms with van der Waals surface area (Å²) in [6.45, 7) is 12.5. The zero-order valence-corrected chi connectivity index (χ0v) is 17.9. The Morgan fingerprint density at radius 1 is 0.759 bits per heavy atom. The highest BCUT2D eigenvalue weighted by molar-refractivity contribution is 6.41. The molecule has 3 aliphatic carbocycles. The lowest BCUT2D eigenvalue weighted by molar-refractivity contribution is 0.105. The first-order valence-electron chi connectivity index (χ1n) is 10.1. The van der Waals surface area contributed by atoms with E-state index in [4.69, 9.17) is 0 Å². The Morgan fingerprint density at radius 2 is 1.41 bits per heavy atom. The molecule has 0 atom stereocenters. The van der Waals surface area contributed by atoms with Crippen LogP contribution in [0, 0.1) is 20.8 Å². The minimum Gasteiger partial charge on any atom is -0.298 e. The van der Waals surface area contributed by atoms with E-state index in [1.54, 1.807) is 0 Å². The maximum Gasteiger partial charge on any atom is 0.194 e. The van der Waals surface area contributed by atoms with Crippen molar-refractivity contribution in [2.24, 2.45) is 0 Å². The molecule has 0 unspecified atom stereocenters. The van der Waals surface area contributed by atoms with Crippen molar-refractivity contribution in [2.45, 2.75) is 47.5 Å². The number of benzene rings is 1. The third kappa shape index (κ3) is 2.78. The molecule has 3 aliphatic rings. The lowest BCUT2D eigenvalue weighted by Crippen LogP contribution is -2.02. The second-order valence-electron chi connectivity index (χ2n) is 8.51. The summed E-state index contributed by atoms with van der Waals surface area (Å²) in [5.41, 5.74) is 11.5. The standard InChI is InChI=1S/C27H26O2/c1-14(2)19-9-7-15(3)23-21(12-19)17(5)11-22(23)26-18(6)25-20(13-28)10-8-16(4)24(25)27(26)29/h7-14H,1-6H3. The number of Topliss-reactive ketones (excluding diaryl/α,β-unsaturated/α-hetero) is 1. The number of carbonyl (C=O) groups excluding carboxylic acids is 2. The highest BCUT2D eigenvalue weighted by Gasteiger charge is 2.34. The molecule has 0 aromatic heterocycles. The summed E-state index contributed by atoms with van der Waals surface area (Å²) < 4.78 is 0. The Kier molecular flexibility index (Phi) is 4.53. The van der Waals surface area contributed by atoms with Gasteiger partial charge in [0.25, 0.3) is 0 Å². The number of hydrogen-bond donors (Lipinski definition) is 0. The molecule has 29 heavy (non-hydrogen) atoms. The quantitative estimate of drug-likeness (QED) is 0.468. The van der Waals surface area contributed by atoms with Crippen molar-refractivity contribution >= 4 is 23.2 Å². The third-order valence-corrected chi connectivity index (χ3v) is 6.27. The number of ketones is 1. The summed E-state index contributed by atoms with van der Waals surface area (Å²) in [7, 11) is 0. The first kappa shape index (κ1) is 19.3. The molecule has 0 saturated carbocycles. The molecule has 0 aliphatic heterocycles. The Bertz CT molecular complexity index is 1190. The van der Waals surface area contributed by atoms with Gasteiger partial charge in [-0.1, -0.05) is 50.2 Å². The molecular weight excluding hydrogens is 356 g/mol. The van der Waals surface area contributed by atoms with Crippen LogP contribution >= 0.6 is 0 Å². The molecule has 0 heterocycles. The molecule has 2 nitrogen and oxygen atoms in total. The Labute approximate surface area is 172 Å². The van der Waals surface area contributed by atoms with Gasteiger partial charge in [-0.05, 0) is 78.1 Å². The number of hydrogen-bond acceptors (Lipinski definition) is 2. The summed E-state index contributed by atoms with van der Waals surface area (Å²) in [6, 6.07) is 12.4. The van der Waals surface area contributed by atoms with Gasteiger partial charge in [0.05, 0.1) is 0 Å². The van der Waals surface area contributed by atoms with Crippen LogP contribution in [0.1, 0.15) is 80.8 Å². The van der Waals surface area contributed by atoms with E-state index in [2.05, 4.69) is 52.0 Å². The first-order valence-corrected chi connectivity index (χ1v) is 10.1. The van der Waals surface area contributed by atoms with E-state index in [1.165, 1.54) is 16.7 Å². The summed E-state index contributed by atoms with van der Waals surface area (Å²) in [5, 5.41) is 0. The molecule has 0 fully saturated rings. The van der Waals surface area contributed by atoms with Gasteiger partial charge in [-0.15, -0.1) is 0 Å². The van der Waals surface area contributed by atoms with Gasteiger partial charge >= 0.3 is 0 Å². The maximum absolute atomic E-state index is 13.5. The second-order valence-corrected chi connectivity index (χ2v) is 8.51. The molecule has 0 bridgehead atoms. The van der Waals surface area contributed by atoms with Crippen molar-refractivity contribution < 1.29 is 9.59 Å². The Morgan fingerprint density at radius 3 is 2.07 bits per heavy atom. The van der Waals surface area contributed by atoms with Gasteiger partial charge in [-0.3, -0.25) is 9.59 Å². The van der Waals surface area contributed by atoms with E-state index >= 15 is 0 Å². The Balaban J connectivity index is 2.03. The van der Waals surface area contributed by atoms with E-state index in [0.29, 0.717) is 17.0 Å². The zero-order chi connectivity index (χ0) is 21.0. The van der Waals surface area contributed by atoms with Gasteiger partial charge in [0.1, 0.15) is 0 Å². The van der Waals surface area contributed by atoms with Crippen LogP contribution in [-0.2, 0) is 0 Å². The van der Waals surface area contributed by atoms with E-state index in [9.17, 15) is 9.59 Å². The number of aryl methyl sites for hydroxylation is 3. The van der Waals surface area contributed by atoms with Crippen LogP contribution in [0.4, 0.5) is 0 Å². The topological polar surface area (TPSA) is 34.1 Å². The molecule has 1 aromatic rings. The van der Waals surface area contributed by atoms with E-state index in [0.717, 1.165) is 45.2 Å². The number of carbonyl (C=O) groups is 2. The van der Waals surface area contributed by atoms with E-state index in [1.807, 2.05) is 26.0 Å². The van der Waals surface area contributed by atoms with Crippen molar-refractivity contribution in [1.82, 2.24) is 0 Å². The van der Waals surface area contributed by atoms with Gasteiger partial charge in [-0.2, -0.15) is 0 Å². The van der Waals surface area contributed by atoms with Crippen LogP contribution in [0.3, 0.4) is 0 Å². The van der Waals surface area contributed by atoms with Crippen LogP contribution in [0.5, 0.6) is 0 Å². The molecular formula is C27H26O2. The van der Waals surface area contributed by atoms with Crippen LogP contribution in [0.2, 0.25) is 0 Å². The minimum atomic E-state index is 0.0283. The first-order chi connectivity index (χ1) is 13.8. The molecule has 0 N–H and O–H groups in total. The molecule has 1 aromatic carbocycles. The Hall–Kier alpha value is -3.00. The predicted octanol–water partition coefficient (Wildman–Crippen LogP) is 6.78. The van der Waals surface area contributed by atoms with Gasteiger partial charge in [0.2, 0.25) is 0 Å². The summed E-state index contributed by atoms with van der Waals surface area (Å²) >= 11 is 0. The van der Waals surface area contributed by atoms with Crippen LogP contribution in [-0.4, -0.2) is 12.1 Å². The minimum absolute atomic E-state index is 0.0283. The van der Waals surface area contributed by atoms with Gasteiger partial charge < -0.3 is 0 Å². The fourth-order valence-corrected chi connectivity index (χ4v) is 4.66. The fourth-order valence-electron chi connectivity index (χ4n) is 4.66. The predicted molar refractivity (Wildman–Crippen MR) is 120 cm³/mol. The summed E-state index contributed by atoms with van der Waals surface area (Å²) in [6.07, 6.45) is 0.854. The number of rotatable bonds is 3. The number of allylic oxidation sites excluding steroid dienone is 2. The second kappa shape index (κ2) is 6.81. The lowest BCUT2D eigenvalue weighted by Gasteiger charge is -2.08. The van der Waals surface area contributed by atoms with Crippen molar-refractivity contribution in [1.29, 1.82) is 0 Å².